The van der Waals surface area contributed by atoms with Crippen molar-refractivity contribution in [2.45, 2.75) is 25.0 Å². The van der Waals surface area contributed by atoms with Gasteiger partial charge >= 0.3 is 0 Å². The van der Waals surface area contributed by atoms with Crippen molar-refractivity contribution in [2.24, 2.45) is 0 Å². The number of hydrogen-bond donors (Lipinski definition) is 0. The second kappa shape index (κ2) is 6.87. The molecule has 0 spiro atoms. The van der Waals surface area contributed by atoms with Crippen LogP contribution < -0.4 is 5.43 Å². The highest BCUT2D eigenvalue weighted by Crippen LogP contribution is 2.39. The van der Waals surface area contributed by atoms with Crippen molar-refractivity contribution >= 4 is 32.8 Å². The van der Waals surface area contributed by atoms with Gasteiger partial charge < -0.3 is 14.1 Å². The molecular weight excluding hydrogens is 422 g/mol. The molecule has 2 aromatic carbocycles. The average Bonchev–Trinajstić information content (AvgIpc) is 3.30. The molecule has 5 nitrogen and oxygen atoms in total. The maximum absolute atomic E-state index is 13.3. The van der Waals surface area contributed by atoms with Gasteiger partial charge in [0.05, 0.1) is 23.1 Å². The van der Waals surface area contributed by atoms with E-state index in [1.165, 1.54) is 0 Å². The van der Waals surface area contributed by atoms with E-state index in [0.29, 0.717) is 29.7 Å². The van der Waals surface area contributed by atoms with Gasteiger partial charge in [-0.3, -0.25) is 9.59 Å². The lowest BCUT2D eigenvalue weighted by atomic mass is 9.98. The molecule has 1 aromatic heterocycles. The van der Waals surface area contributed by atoms with Crippen molar-refractivity contribution in [1.82, 2.24) is 4.90 Å². The Morgan fingerprint density at radius 3 is 2.75 bits per heavy atom. The second-order valence-electron chi connectivity index (χ2n) is 7.22. The zero-order chi connectivity index (χ0) is 19.3. The highest BCUT2D eigenvalue weighted by atomic mass is 79.9. The molecule has 5 rings (SSSR count). The number of fused-ring (bicyclic) bond motifs is 2. The number of halogens is 1. The van der Waals surface area contributed by atoms with E-state index < -0.39 is 6.04 Å². The Hall–Kier alpha value is -2.44. The molecule has 0 unspecified atom stereocenters. The summed E-state index contributed by atoms with van der Waals surface area (Å²) in [7, 11) is 0. The normalized spacial score (nSPS) is 21.5. The minimum atomic E-state index is -0.481. The Morgan fingerprint density at radius 1 is 1.11 bits per heavy atom. The number of para-hydroxylation sites is 1. The number of carbonyl (C=O) groups excluding carboxylic acids is 1. The molecular formula is C22H18BrNO4. The van der Waals surface area contributed by atoms with Gasteiger partial charge in [-0.1, -0.05) is 40.2 Å². The molecule has 1 fully saturated rings. The first-order valence-corrected chi connectivity index (χ1v) is 10.2. The first-order chi connectivity index (χ1) is 13.6. The summed E-state index contributed by atoms with van der Waals surface area (Å²) in [5, 5.41) is 0.494. The van der Waals surface area contributed by atoms with Crippen LogP contribution in [-0.2, 0) is 4.74 Å². The van der Waals surface area contributed by atoms with Gasteiger partial charge in [0.2, 0.25) is 5.76 Å². The predicted molar refractivity (Wildman–Crippen MR) is 108 cm³/mol. The van der Waals surface area contributed by atoms with Crippen molar-refractivity contribution in [1.29, 1.82) is 0 Å². The number of ether oxygens (including phenoxy) is 1. The van der Waals surface area contributed by atoms with Crippen molar-refractivity contribution in [2.75, 3.05) is 13.2 Å². The van der Waals surface area contributed by atoms with Crippen molar-refractivity contribution in [3.63, 3.8) is 0 Å². The van der Waals surface area contributed by atoms with Gasteiger partial charge in [0, 0.05) is 17.6 Å². The third-order valence-corrected chi connectivity index (χ3v) is 5.96. The molecule has 2 aliphatic heterocycles. The van der Waals surface area contributed by atoms with Gasteiger partial charge in [0.25, 0.3) is 5.91 Å². The van der Waals surface area contributed by atoms with E-state index in [1.54, 1.807) is 29.2 Å². The summed E-state index contributed by atoms with van der Waals surface area (Å²) in [4.78, 5) is 28.3. The third-order valence-electron chi connectivity index (χ3n) is 5.46. The number of carbonyl (C=O) groups is 1. The minimum Gasteiger partial charge on any atom is -0.450 e. The summed E-state index contributed by atoms with van der Waals surface area (Å²) in [5.74, 6) is -0.106. The number of amides is 1. The van der Waals surface area contributed by atoms with Gasteiger partial charge in [-0.05, 0) is 42.7 Å². The van der Waals surface area contributed by atoms with Crippen molar-refractivity contribution < 1.29 is 13.9 Å². The van der Waals surface area contributed by atoms with Crippen LogP contribution in [-0.4, -0.2) is 30.1 Å². The van der Waals surface area contributed by atoms with Crippen molar-refractivity contribution in [3.8, 4) is 0 Å². The van der Waals surface area contributed by atoms with Gasteiger partial charge in [-0.2, -0.15) is 0 Å². The predicted octanol–water partition coefficient (Wildman–Crippen LogP) is 4.28. The number of nitrogens with zero attached hydrogens (tertiary/aromatic N) is 1. The highest BCUT2D eigenvalue weighted by Gasteiger charge is 2.43. The van der Waals surface area contributed by atoms with Gasteiger partial charge in [-0.25, -0.2) is 0 Å². The highest BCUT2D eigenvalue weighted by molar-refractivity contribution is 9.10. The fraction of sp³-hybridized carbons (Fsp3) is 0.273. The van der Waals surface area contributed by atoms with Crippen LogP contribution in [0.2, 0.25) is 0 Å². The molecule has 28 heavy (non-hydrogen) atoms. The smallest absolute Gasteiger partial charge is 0.291 e. The van der Waals surface area contributed by atoms with E-state index in [0.717, 1.165) is 22.9 Å². The molecule has 142 valence electrons. The molecule has 0 saturated carbocycles. The fourth-order valence-electron chi connectivity index (χ4n) is 4.19. The Kier molecular flexibility index (Phi) is 4.33. The summed E-state index contributed by atoms with van der Waals surface area (Å²) >= 11 is 3.50. The lowest BCUT2D eigenvalue weighted by Gasteiger charge is -2.27. The van der Waals surface area contributed by atoms with Crippen LogP contribution in [0, 0.1) is 0 Å². The van der Waals surface area contributed by atoms with Crippen LogP contribution in [0.25, 0.3) is 11.0 Å². The number of rotatable bonds is 3. The maximum Gasteiger partial charge on any atom is 0.291 e. The van der Waals surface area contributed by atoms with E-state index in [4.69, 9.17) is 9.15 Å². The standard InChI is InChI=1S/C22H18BrNO4/c23-14-6-3-5-13(11-14)19-18-20(25)16-8-1-2-9-17(16)28-21(18)22(26)24(19)12-15-7-4-10-27-15/h1-3,5-6,8-9,11,15,19H,4,7,10,12H2/t15-,19+/m0/s1. The van der Waals surface area contributed by atoms with E-state index in [1.807, 2.05) is 24.3 Å². The lowest BCUT2D eigenvalue weighted by molar-refractivity contribution is 0.0486. The summed E-state index contributed by atoms with van der Waals surface area (Å²) in [6, 6.07) is 14.3. The number of benzene rings is 2. The average molecular weight is 440 g/mol. The van der Waals surface area contributed by atoms with Crippen LogP contribution in [0.4, 0.5) is 0 Å². The Bertz CT molecular complexity index is 1130. The molecule has 0 N–H and O–H groups in total. The van der Waals surface area contributed by atoms with Crippen LogP contribution in [0.3, 0.4) is 0 Å². The molecule has 3 aromatic rings. The Labute approximate surface area is 170 Å². The zero-order valence-electron chi connectivity index (χ0n) is 15.1. The van der Waals surface area contributed by atoms with Crippen LogP contribution >= 0.6 is 15.9 Å². The van der Waals surface area contributed by atoms with Crippen LogP contribution in [0.5, 0.6) is 0 Å². The summed E-state index contributed by atoms with van der Waals surface area (Å²) < 4.78 is 12.6. The van der Waals surface area contributed by atoms with E-state index >= 15 is 0 Å². The Morgan fingerprint density at radius 2 is 1.96 bits per heavy atom. The molecule has 6 heteroatoms. The van der Waals surface area contributed by atoms with E-state index in [2.05, 4.69) is 15.9 Å². The Balaban J connectivity index is 1.71. The molecule has 1 saturated heterocycles. The first-order valence-electron chi connectivity index (χ1n) is 9.37. The summed E-state index contributed by atoms with van der Waals surface area (Å²) in [6.45, 7) is 1.15. The van der Waals surface area contributed by atoms with Crippen molar-refractivity contribution in [3.05, 3.63) is 80.1 Å². The molecule has 0 bridgehead atoms. The summed E-state index contributed by atoms with van der Waals surface area (Å²) in [5.41, 5.74) is 1.58. The zero-order valence-corrected chi connectivity index (χ0v) is 16.6. The maximum atomic E-state index is 13.3. The molecule has 0 aliphatic carbocycles. The summed E-state index contributed by atoms with van der Waals surface area (Å²) in [6.07, 6.45) is 1.88. The van der Waals surface area contributed by atoms with E-state index in [9.17, 15) is 9.59 Å². The van der Waals surface area contributed by atoms with Crippen LogP contribution in [0.1, 0.15) is 40.6 Å². The molecule has 2 atom stereocenters. The van der Waals surface area contributed by atoms with Gasteiger partial charge in [-0.15, -0.1) is 0 Å². The fourth-order valence-corrected chi connectivity index (χ4v) is 4.60. The quantitative estimate of drug-likeness (QED) is 0.610. The third kappa shape index (κ3) is 2.79. The molecule has 3 heterocycles. The lowest BCUT2D eigenvalue weighted by Crippen LogP contribution is -2.36. The monoisotopic (exact) mass is 439 g/mol. The topological polar surface area (TPSA) is 59.8 Å². The minimum absolute atomic E-state index is 0.0163. The van der Waals surface area contributed by atoms with Gasteiger partial charge in [0.1, 0.15) is 5.58 Å². The largest absolute Gasteiger partial charge is 0.450 e. The number of hydrogen-bond acceptors (Lipinski definition) is 4. The second-order valence-corrected chi connectivity index (χ2v) is 8.14. The molecule has 1 amide bonds. The SMILES string of the molecule is O=C1c2oc3ccccc3c(=O)c2[C@@H](c2cccc(Br)c2)N1C[C@@H]1CCCO1. The van der Waals surface area contributed by atoms with Gasteiger partial charge in [0.15, 0.2) is 5.43 Å². The van der Waals surface area contributed by atoms with Crippen LogP contribution in [0.15, 0.2) is 62.2 Å². The molecule has 0 radical (unpaired) electrons. The molecule has 2 aliphatic rings. The first kappa shape index (κ1) is 17.6. The van der Waals surface area contributed by atoms with E-state index in [-0.39, 0.29) is 23.2 Å².